The highest BCUT2D eigenvalue weighted by Crippen LogP contribution is 2.18. The summed E-state index contributed by atoms with van der Waals surface area (Å²) >= 11 is 5.82. The highest BCUT2D eigenvalue weighted by molar-refractivity contribution is 6.29. The van der Waals surface area contributed by atoms with Crippen molar-refractivity contribution in [1.29, 1.82) is 0 Å². The Hall–Kier alpha value is -1.54. The first-order valence-electron chi connectivity index (χ1n) is 5.57. The van der Waals surface area contributed by atoms with Gasteiger partial charge in [-0.15, -0.1) is 0 Å². The molecule has 0 fully saturated rings. The van der Waals surface area contributed by atoms with Crippen LogP contribution in [0.2, 0.25) is 5.15 Å². The van der Waals surface area contributed by atoms with Gasteiger partial charge in [-0.3, -0.25) is 0 Å². The maximum atomic E-state index is 5.82. The van der Waals surface area contributed by atoms with Crippen molar-refractivity contribution in [3.05, 3.63) is 58.4 Å². The van der Waals surface area contributed by atoms with E-state index in [4.69, 9.17) is 11.6 Å². The van der Waals surface area contributed by atoms with E-state index in [0.29, 0.717) is 5.15 Å². The van der Waals surface area contributed by atoms with E-state index >= 15 is 0 Å². The number of rotatable bonds is 3. The largest absolute Gasteiger partial charge is 0.379 e. The summed E-state index contributed by atoms with van der Waals surface area (Å²) in [5.41, 5.74) is 4.72. The molecule has 2 nitrogen and oxygen atoms in total. The highest BCUT2D eigenvalue weighted by Gasteiger charge is 2.01. The van der Waals surface area contributed by atoms with Crippen LogP contribution in [0.15, 0.2) is 36.5 Å². The fourth-order valence-electron chi connectivity index (χ4n) is 1.71. The van der Waals surface area contributed by atoms with Gasteiger partial charge in [0.1, 0.15) is 5.15 Å². The number of aromatic nitrogens is 1. The summed E-state index contributed by atoms with van der Waals surface area (Å²) in [6, 6.07) is 10.2. The first kappa shape index (κ1) is 11.9. The monoisotopic (exact) mass is 246 g/mol. The van der Waals surface area contributed by atoms with E-state index in [1.165, 1.54) is 11.1 Å². The molecule has 0 saturated heterocycles. The third-order valence-corrected chi connectivity index (χ3v) is 3.01. The van der Waals surface area contributed by atoms with E-state index in [1.807, 2.05) is 19.1 Å². The standard InChI is InChI=1S/C14H15ClN2/c1-10-5-3-4-6-12(10)8-16-13-9-17-14(15)7-11(13)2/h3-7,9,16H,8H2,1-2H3. The first-order valence-corrected chi connectivity index (χ1v) is 5.95. The van der Waals surface area contributed by atoms with Crippen LogP contribution in [0.1, 0.15) is 16.7 Å². The van der Waals surface area contributed by atoms with Crippen LogP contribution in [0.4, 0.5) is 5.69 Å². The average Bonchev–Trinajstić information content (AvgIpc) is 2.30. The fourth-order valence-corrected chi connectivity index (χ4v) is 1.92. The predicted octanol–water partition coefficient (Wildman–Crippen LogP) is 3.96. The molecule has 0 spiro atoms. The van der Waals surface area contributed by atoms with Crippen molar-refractivity contribution < 1.29 is 0 Å². The summed E-state index contributed by atoms with van der Waals surface area (Å²) in [7, 11) is 0. The van der Waals surface area contributed by atoms with E-state index in [-0.39, 0.29) is 0 Å². The molecule has 1 heterocycles. The van der Waals surface area contributed by atoms with Crippen LogP contribution >= 0.6 is 11.6 Å². The van der Waals surface area contributed by atoms with Gasteiger partial charge in [0.15, 0.2) is 0 Å². The summed E-state index contributed by atoms with van der Waals surface area (Å²) in [5, 5.41) is 3.91. The Bertz CT molecular complexity index is 523. The normalized spacial score (nSPS) is 10.3. The van der Waals surface area contributed by atoms with Crippen LogP contribution < -0.4 is 5.32 Å². The third-order valence-electron chi connectivity index (χ3n) is 2.81. The SMILES string of the molecule is Cc1ccccc1CNc1cnc(Cl)cc1C. The lowest BCUT2D eigenvalue weighted by Crippen LogP contribution is -2.03. The van der Waals surface area contributed by atoms with Gasteiger partial charge >= 0.3 is 0 Å². The van der Waals surface area contributed by atoms with Crippen LogP contribution in [0.5, 0.6) is 0 Å². The van der Waals surface area contributed by atoms with Gasteiger partial charge in [0.2, 0.25) is 0 Å². The summed E-state index contributed by atoms with van der Waals surface area (Å²) in [5.74, 6) is 0. The topological polar surface area (TPSA) is 24.9 Å². The molecule has 0 aliphatic carbocycles. The second-order valence-electron chi connectivity index (χ2n) is 4.10. The molecule has 0 saturated carbocycles. The maximum Gasteiger partial charge on any atom is 0.129 e. The molecule has 0 bridgehead atoms. The van der Waals surface area contributed by atoms with Gasteiger partial charge in [-0.05, 0) is 36.6 Å². The lowest BCUT2D eigenvalue weighted by Gasteiger charge is -2.10. The van der Waals surface area contributed by atoms with Crippen molar-refractivity contribution >= 4 is 17.3 Å². The Morgan fingerprint density at radius 2 is 1.94 bits per heavy atom. The molecule has 1 N–H and O–H groups in total. The van der Waals surface area contributed by atoms with Crippen molar-refractivity contribution in [2.45, 2.75) is 20.4 Å². The molecule has 0 atom stereocenters. The van der Waals surface area contributed by atoms with Gasteiger partial charge < -0.3 is 5.32 Å². The summed E-state index contributed by atoms with van der Waals surface area (Å²) in [6.07, 6.45) is 1.77. The predicted molar refractivity (Wildman–Crippen MR) is 72.5 cm³/mol. The van der Waals surface area contributed by atoms with Gasteiger partial charge in [-0.2, -0.15) is 0 Å². The molecule has 0 aliphatic rings. The van der Waals surface area contributed by atoms with Gasteiger partial charge in [0.05, 0.1) is 11.9 Å². The van der Waals surface area contributed by atoms with Crippen LogP contribution in [-0.4, -0.2) is 4.98 Å². The Morgan fingerprint density at radius 1 is 1.18 bits per heavy atom. The number of nitrogens with zero attached hydrogens (tertiary/aromatic N) is 1. The number of hydrogen-bond acceptors (Lipinski definition) is 2. The lowest BCUT2D eigenvalue weighted by atomic mass is 10.1. The second-order valence-corrected chi connectivity index (χ2v) is 4.49. The van der Waals surface area contributed by atoms with E-state index in [9.17, 15) is 0 Å². The third kappa shape index (κ3) is 2.98. The van der Waals surface area contributed by atoms with Crippen LogP contribution in [0.3, 0.4) is 0 Å². The van der Waals surface area contributed by atoms with Crippen LogP contribution in [0, 0.1) is 13.8 Å². The van der Waals surface area contributed by atoms with Gasteiger partial charge in [0.25, 0.3) is 0 Å². The van der Waals surface area contributed by atoms with Crippen molar-refractivity contribution in [2.24, 2.45) is 0 Å². The molecule has 0 amide bonds. The number of pyridine rings is 1. The molecule has 1 aromatic carbocycles. The van der Waals surface area contributed by atoms with E-state index in [0.717, 1.165) is 17.8 Å². The first-order chi connectivity index (χ1) is 8.16. The zero-order valence-electron chi connectivity index (χ0n) is 10.00. The lowest BCUT2D eigenvalue weighted by molar-refractivity contribution is 1.10. The second kappa shape index (κ2) is 5.19. The number of anilines is 1. The van der Waals surface area contributed by atoms with Crippen molar-refractivity contribution in [3.63, 3.8) is 0 Å². The molecule has 88 valence electrons. The van der Waals surface area contributed by atoms with E-state index in [1.54, 1.807) is 6.20 Å². The molecular formula is C14H15ClN2. The number of benzene rings is 1. The molecule has 3 heteroatoms. The molecule has 2 rings (SSSR count). The van der Waals surface area contributed by atoms with Crippen molar-refractivity contribution in [2.75, 3.05) is 5.32 Å². The molecular weight excluding hydrogens is 232 g/mol. The number of nitrogens with one attached hydrogen (secondary N) is 1. The number of halogens is 1. The quantitative estimate of drug-likeness (QED) is 0.829. The minimum Gasteiger partial charge on any atom is -0.379 e. The van der Waals surface area contributed by atoms with Crippen molar-refractivity contribution in [1.82, 2.24) is 4.98 Å². The zero-order chi connectivity index (χ0) is 12.3. The minimum atomic E-state index is 0.531. The van der Waals surface area contributed by atoms with Gasteiger partial charge in [0, 0.05) is 6.54 Å². The Kier molecular flexibility index (Phi) is 3.64. The molecule has 0 radical (unpaired) electrons. The van der Waals surface area contributed by atoms with Crippen molar-refractivity contribution in [3.8, 4) is 0 Å². The molecule has 17 heavy (non-hydrogen) atoms. The summed E-state index contributed by atoms with van der Waals surface area (Å²) in [4.78, 5) is 4.08. The maximum absolute atomic E-state index is 5.82. The number of hydrogen-bond donors (Lipinski definition) is 1. The number of aryl methyl sites for hydroxylation is 2. The van der Waals surface area contributed by atoms with Gasteiger partial charge in [-0.1, -0.05) is 35.9 Å². The van der Waals surface area contributed by atoms with Crippen LogP contribution in [0.25, 0.3) is 0 Å². The van der Waals surface area contributed by atoms with Crippen LogP contribution in [-0.2, 0) is 6.54 Å². The molecule has 0 aliphatic heterocycles. The molecule has 1 aromatic heterocycles. The Morgan fingerprint density at radius 3 is 2.65 bits per heavy atom. The summed E-state index contributed by atoms with van der Waals surface area (Å²) in [6.45, 7) is 4.94. The fraction of sp³-hybridized carbons (Fsp3) is 0.214. The average molecular weight is 247 g/mol. The Balaban J connectivity index is 2.10. The highest BCUT2D eigenvalue weighted by atomic mass is 35.5. The Labute approximate surface area is 107 Å². The van der Waals surface area contributed by atoms with Gasteiger partial charge in [-0.25, -0.2) is 4.98 Å². The molecule has 0 unspecified atom stereocenters. The summed E-state index contributed by atoms with van der Waals surface area (Å²) < 4.78 is 0. The minimum absolute atomic E-state index is 0.531. The molecule has 2 aromatic rings. The van der Waals surface area contributed by atoms with E-state index in [2.05, 4.69) is 35.4 Å². The zero-order valence-corrected chi connectivity index (χ0v) is 10.8. The smallest absolute Gasteiger partial charge is 0.129 e. The van der Waals surface area contributed by atoms with E-state index < -0.39 is 0 Å².